The van der Waals surface area contributed by atoms with Gasteiger partial charge in [-0.05, 0) is 36.8 Å². The number of phenolic OH excluding ortho intramolecular Hbond substituents is 1. The zero-order valence-corrected chi connectivity index (χ0v) is 13.3. The third-order valence-corrected chi connectivity index (χ3v) is 3.62. The molecule has 0 saturated heterocycles. The molecule has 0 unspecified atom stereocenters. The van der Waals surface area contributed by atoms with Crippen molar-refractivity contribution in [1.29, 1.82) is 0 Å². The minimum absolute atomic E-state index is 0.0846. The van der Waals surface area contributed by atoms with E-state index in [0.29, 0.717) is 28.3 Å². The SMILES string of the molecule is Cc1cc(NC(=O)C(C)C)cc(-c2nc3ccccc3o2)c1O. The normalized spacial score (nSPS) is 11.1. The van der Waals surface area contributed by atoms with Gasteiger partial charge in [-0.15, -0.1) is 0 Å². The van der Waals surface area contributed by atoms with E-state index in [1.807, 2.05) is 38.1 Å². The van der Waals surface area contributed by atoms with Gasteiger partial charge in [0, 0.05) is 11.6 Å². The number of aromatic nitrogens is 1. The lowest BCUT2D eigenvalue weighted by Gasteiger charge is -2.11. The van der Waals surface area contributed by atoms with Gasteiger partial charge in [-0.25, -0.2) is 4.98 Å². The summed E-state index contributed by atoms with van der Waals surface area (Å²) in [5.41, 5.74) is 3.08. The number of nitrogens with zero attached hydrogens (tertiary/aromatic N) is 1. The molecule has 0 bridgehead atoms. The van der Waals surface area contributed by atoms with E-state index in [9.17, 15) is 9.90 Å². The highest BCUT2D eigenvalue weighted by molar-refractivity contribution is 5.93. The van der Waals surface area contributed by atoms with Gasteiger partial charge >= 0.3 is 0 Å². The van der Waals surface area contributed by atoms with Gasteiger partial charge in [0.05, 0.1) is 5.56 Å². The van der Waals surface area contributed by atoms with Gasteiger partial charge in [0.15, 0.2) is 5.58 Å². The number of hydrogen-bond acceptors (Lipinski definition) is 4. The summed E-state index contributed by atoms with van der Waals surface area (Å²) in [4.78, 5) is 16.3. The van der Waals surface area contributed by atoms with Crippen LogP contribution in [0.3, 0.4) is 0 Å². The second-order valence-corrected chi connectivity index (χ2v) is 5.82. The van der Waals surface area contributed by atoms with Crippen LogP contribution in [0.5, 0.6) is 5.75 Å². The molecule has 3 aromatic rings. The molecule has 0 radical (unpaired) electrons. The lowest BCUT2D eigenvalue weighted by atomic mass is 10.1. The second kappa shape index (κ2) is 5.76. The van der Waals surface area contributed by atoms with Gasteiger partial charge in [0.1, 0.15) is 11.3 Å². The number of phenols is 1. The van der Waals surface area contributed by atoms with Crippen molar-refractivity contribution < 1.29 is 14.3 Å². The number of carbonyl (C=O) groups is 1. The first-order valence-corrected chi connectivity index (χ1v) is 7.46. The van der Waals surface area contributed by atoms with Crippen LogP contribution in [-0.2, 0) is 4.79 Å². The molecule has 0 aliphatic rings. The maximum Gasteiger partial charge on any atom is 0.231 e. The molecular weight excluding hydrogens is 292 g/mol. The number of aryl methyl sites for hydroxylation is 1. The minimum atomic E-state index is -0.128. The van der Waals surface area contributed by atoms with E-state index in [2.05, 4.69) is 10.3 Å². The maximum absolute atomic E-state index is 11.9. The second-order valence-electron chi connectivity index (χ2n) is 5.82. The van der Waals surface area contributed by atoms with Gasteiger partial charge in [0.25, 0.3) is 0 Å². The summed E-state index contributed by atoms with van der Waals surface area (Å²) in [6.07, 6.45) is 0. The summed E-state index contributed by atoms with van der Waals surface area (Å²) in [6, 6.07) is 10.8. The summed E-state index contributed by atoms with van der Waals surface area (Å²) in [6.45, 7) is 5.42. The van der Waals surface area contributed by atoms with Gasteiger partial charge in [-0.2, -0.15) is 0 Å². The van der Waals surface area contributed by atoms with E-state index in [0.717, 1.165) is 5.52 Å². The van der Waals surface area contributed by atoms with Crippen molar-refractivity contribution in [3.05, 3.63) is 42.0 Å². The molecule has 5 heteroatoms. The number of fused-ring (bicyclic) bond motifs is 1. The molecule has 2 N–H and O–H groups in total. The average Bonchev–Trinajstić information content (AvgIpc) is 2.94. The van der Waals surface area contributed by atoms with Gasteiger partial charge in [-0.3, -0.25) is 4.79 Å². The molecule has 1 heterocycles. The van der Waals surface area contributed by atoms with Crippen molar-refractivity contribution in [1.82, 2.24) is 4.98 Å². The Labute approximate surface area is 134 Å². The minimum Gasteiger partial charge on any atom is -0.507 e. The van der Waals surface area contributed by atoms with Crippen LogP contribution in [0, 0.1) is 12.8 Å². The van der Waals surface area contributed by atoms with Crippen molar-refractivity contribution in [2.45, 2.75) is 20.8 Å². The Hall–Kier alpha value is -2.82. The lowest BCUT2D eigenvalue weighted by molar-refractivity contribution is -0.118. The van der Waals surface area contributed by atoms with Crippen LogP contribution in [0.1, 0.15) is 19.4 Å². The number of carbonyl (C=O) groups excluding carboxylic acids is 1. The Bertz CT molecular complexity index is 848. The van der Waals surface area contributed by atoms with E-state index < -0.39 is 0 Å². The summed E-state index contributed by atoms with van der Waals surface area (Å²) in [5.74, 6) is 0.210. The molecule has 1 aromatic heterocycles. The number of oxazole rings is 1. The van der Waals surface area contributed by atoms with E-state index in [1.54, 1.807) is 19.1 Å². The monoisotopic (exact) mass is 310 g/mol. The molecule has 0 aliphatic carbocycles. The number of amides is 1. The lowest BCUT2D eigenvalue weighted by Crippen LogP contribution is -2.17. The van der Waals surface area contributed by atoms with Crippen LogP contribution < -0.4 is 5.32 Å². The molecule has 1 amide bonds. The topological polar surface area (TPSA) is 75.4 Å². The zero-order valence-electron chi connectivity index (χ0n) is 13.3. The fourth-order valence-electron chi connectivity index (χ4n) is 2.29. The number of hydrogen-bond donors (Lipinski definition) is 2. The van der Waals surface area contributed by atoms with E-state index >= 15 is 0 Å². The highest BCUT2D eigenvalue weighted by atomic mass is 16.3. The molecule has 0 aliphatic heterocycles. The van der Waals surface area contributed by atoms with Gasteiger partial charge in [-0.1, -0.05) is 26.0 Å². The van der Waals surface area contributed by atoms with E-state index in [-0.39, 0.29) is 17.6 Å². The largest absolute Gasteiger partial charge is 0.507 e. The first-order chi connectivity index (χ1) is 11.0. The molecule has 23 heavy (non-hydrogen) atoms. The van der Waals surface area contributed by atoms with Crippen molar-refractivity contribution >= 4 is 22.7 Å². The zero-order chi connectivity index (χ0) is 16.6. The molecule has 118 valence electrons. The predicted octanol–water partition coefficient (Wildman–Crippen LogP) is 4.10. The van der Waals surface area contributed by atoms with Crippen LogP contribution in [0.25, 0.3) is 22.6 Å². The molecule has 0 fully saturated rings. The van der Waals surface area contributed by atoms with Crippen LogP contribution in [0.2, 0.25) is 0 Å². The van der Waals surface area contributed by atoms with E-state index in [1.165, 1.54) is 0 Å². The number of aromatic hydroxyl groups is 1. The molecule has 3 rings (SSSR count). The number of para-hydroxylation sites is 2. The van der Waals surface area contributed by atoms with Crippen molar-refractivity contribution in [3.8, 4) is 17.2 Å². The number of anilines is 1. The highest BCUT2D eigenvalue weighted by Gasteiger charge is 2.16. The highest BCUT2D eigenvalue weighted by Crippen LogP contribution is 2.36. The average molecular weight is 310 g/mol. The fraction of sp³-hybridized carbons (Fsp3) is 0.222. The third kappa shape index (κ3) is 2.90. The molecule has 0 saturated carbocycles. The molecule has 2 aromatic carbocycles. The smallest absolute Gasteiger partial charge is 0.231 e. The first-order valence-electron chi connectivity index (χ1n) is 7.46. The van der Waals surface area contributed by atoms with Gasteiger partial charge in [0.2, 0.25) is 11.8 Å². The van der Waals surface area contributed by atoms with E-state index in [4.69, 9.17) is 4.42 Å². The Morgan fingerprint density at radius 2 is 2.00 bits per heavy atom. The number of rotatable bonds is 3. The first kappa shape index (κ1) is 15.1. The quantitative estimate of drug-likeness (QED) is 0.714. The summed E-state index contributed by atoms with van der Waals surface area (Å²) in [7, 11) is 0. The van der Waals surface area contributed by atoms with Crippen molar-refractivity contribution in [2.24, 2.45) is 5.92 Å². The molecular formula is C18H18N2O3. The number of benzene rings is 2. The van der Waals surface area contributed by atoms with Crippen LogP contribution in [-0.4, -0.2) is 16.0 Å². The maximum atomic E-state index is 11.9. The predicted molar refractivity (Wildman–Crippen MR) is 89.3 cm³/mol. The molecule has 0 spiro atoms. The Balaban J connectivity index is 2.07. The van der Waals surface area contributed by atoms with Crippen molar-refractivity contribution in [3.63, 3.8) is 0 Å². The van der Waals surface area contributed by atoms with Crippen LogP contribution >= 0.6 is 0 Å². The molecule has 0 atom stereocenters. The molecule has 5 nitrogen and oxygen atoms in total. The third-order valence-electron chi connectivity index (χ3n) is 3.62. The van der Waals surface area contributed by atoms with Gasteiger partial charge < -0.3 is 14.8 Å². The summed E-state index contributed by atoms with van der Waals surface area (Å²) >= 11 is 0. The van der Waals surface area contributed by atoms with Crippen LogP contribution in [0.4, 0.5) is 5.69 Å². The Morgan fingerprint density at radius 3 is 2.70 bits per heavy atom. The Kier molecular flexibility index (Phi) is 3.78. The van der Waals surface area contributed by atoms with Crippen LogP contribution in [0.15, 0.2) is 40.8 Å². The van der Waals surface area contributed by atoms with Crippen molar-refractivity contribution in [2.75, 3.05) is 5.32 Å². The standard InChI is InChI=1S/C18H18N2O3/c1-10(2)17(22)19-12-8-11(3)16(21)13(9-12)18-20-14-6-4-5-7-15(14)23-18/h4-10,21H,1-3H3,(H,19,22). The Morgan fingerprint density at radius 1 is 1.26 bits per heavy atom. The number of nitrogens with one attached hydrogen (secondary N) is 1. The summed E-state index contributed by atoms with van der Waals surface area (Å²) < 4.78 is 5.71. The summed E-state index contributed by atoms with van der Waals surface area (Å²) in [5, 5.41) is 13.2. The fourth-order valence-corrected chi connectivity index (χ4v) is 2.29.